The van der Waals surface area contributed by atoms with Crippen LogP contribution in [0.3, 0.4) is 0 Å². The van der Waals surface area contributed by atoms with Gasteiger partial charge in [0.1, 0.15) is 17.5 Å². The lowest BCUT2D eigenvalue weighted by molar-refractivity contribution is 0.591. The number of rotatable bonds is 10. The lowest BCUT2D eigenvalue weighted by Crippen LogP contribution is -2.33. The molecule has 6 aromatic heterocycles. The first kappa shape index (κ1) is 74.1. The average molecular weight is 1630 g/mol. The number of benzene rings is 16. The largest absolute Gasteiger partial charge is 0.309 e. The molecule has 3 aliphatic rings. The van der Waals surface area contributed by atoms with Gasteiger partial charge in [0.15, 0.2) is 21.4 Å². The normalized spacial score (nSPS) is 15.9. The quantitative estimate of drug-likeness (QED) is 0.123. The monoisotopic (exact) mass is 1630 g/mol. The number of fused-ring (bicyclic) bond motifs is 15. The number of hydrogen-bond donors (Lipinski definition) is 0. The molecule has 0 saturated carbocycles. The second-order valence-electron chi connectivity index (χ2n) is 31.1. The van der Waals surface area contributed by atoms with Crippen LogP contribution >= 0.6 is 21.4 Å². The van der Waals surface area contributed by atoms with Gasteiger partial charge in [-0.05, 0) is 132 Å². The fourth-order valence-electron chi connectivity index (χ4n) is 19.4. The van der Waals surface area contributed by atoms with Gasteiger partial charge in [-0.2, -0.15) is 0 Å². The molecule has 0 spiro atoms. The minimum atomic E-state index is -3.18. The molecule has 0 radical (unpaired) electrons. The Balaban J connectivity index is 0.000000109. The highest BCUT2D eigenvalue weighted by molar-refractivity contribution is 7.87. The van der Waals surface area contributed by atoms with E-state index in [9.17, 15) is 0 Å². The van der Waals surface area contributed by atoms with Crippen LogP contribution in [0.4, 0.5) is 0 Å². The van der Waals surface area contributed by atoms with Crippen molar-refractivity contribution in [3.8, 4) is 51.0 Å². The van der Waals surface area contributed by atoms with Gasteiger partial charge in [-0.1, -0.05) is 271 Å². The van der Waals surface area contributed by atoms with Crippen LogP contribution < -0.4 is 47.7 Å². The van der Waals surface area contributed by atoms with Gasteiger partial charge in [-0.3, -0.25) is 13.7 Å². The lowest BCUT2D eigenvalue weighted by atomic mass is 10.0. The summed E-state index contributed by atoms with van der Waals surface area (Å²) in [4.78, 5) is 25.2. The van der Waals surface area contributed by atoms with Crippen LogP contribution in [0.5, 0.6) is 0 Å². The third-order valence-corrected chi connectivity index (χ3v) is 34.0. The third-order valence-electron chi connectivity index (χ3n) is 24.7. The molecular formula is C106H79N10O3P3. The van der Waals surface area contributed by atoms with E-state index in [0.717, 1.165) is 202 Å². The molecule has 0 saturated heterocycles. The van der Waals surface area contributed by atoms with Gasteiger partial charge in [-0.15, -0.1) is 0 Å². The summed E-state index contributed by atoms with van der Waals surface area (Å²) in [6.45, 7) is 6.38. The zero-order valence-electron chi connectivity index (χ0n) is 66.3. The molecule has 122 heavy (non-hydrogen) atoms. The Hall–Kier alpha value is -14.2. The van der Waals surface area contributed by atoms with Crippen molar-refractivity contribution in [2.45, 2.75) is 47.5 Å². The first-order valence-corrected chi connectivity index (χ1v) is 46.3. The van der Waals surface area contributed by atoms with Crippen molar-refractivity contribution in [3.63, 3.8) is 0 Å². The van der Waals surface area contributed by atoms with Crippen LogP contribution in [-0.4, -0.2) is 47.8 Å². The molecule has 13 nitrogen and oxygen atoms in total. The molecule has 0 bridgehead atoms. The average Bonchev–Trinajstić information content (AvgIpc) is 1.46. The number of aryl methyl sites for hydroxylation is 3. The summed E-state index contributed by atoms with van der Waals surface area (Å²) in [7, 11) is -9.46. The van der Waals surface area contributed by atoms with Crippen molar-refractivity contribution >= 4 is 168 Å². The van der Waals surface area contributed by atoms with Crippen LogP contribution in [0, 0.1) is 0 Å². The predicted molar refractivity (Wildman–Crippen MR) is 507 cm³/mol. The van der Waals surface area contributed by atoms with E-state index in [4.69, 9.17) is 24.9 Å². The molecule has 3 unspecified atom stereocenters. The van der Waals surface area contributed by atoms with Crippen LogP contribution in [-0.2, 0) is 33.0 Å². The first-order valence-electron chi connectivity index (χ1n) is 41.2. The molecule has 16 heteroatoms. The SMILES string of the molecule is C.CCc1nc2cccc3c2n1-c1cc(-c2nc4ccccc4nc2-c2ccccc2)ccc1P3(=O)c1ccccc1.CCc1nc2cccc3c2n1-c1cc(-n2c4ccccc4c4c5ccccc5ccc42)ccc1P3(=O)c1ccccc1.CCc1nc2cccc3c2n1-c1cc(-n2c4ccccc4c4ccccc42)ccc1P3(=O)c1ccccc1. The summed E-state index contributed by atoms with van der Waals surface area (Å²) in [5.74, 6) is 2.90. The summed E-state index contributed by atoms with van der Waals surface area (Å²) in [5.41, 5.74) is 20.2. The van der Waals surface area contributed by atoms with Gasteiger partial charge < -0.3 is 22.8 Å². The smallest absolute Gasteiger partial charge is 0.175 e. The Morgan fingerprint density at radius 3 is 1.04 bits per heavy atom. The number of para-hydroxylation sites is 8. The maximum absolute atomic E-state index is 15.5. The highest BCUT2D eigenvalue weighted by Crippen LogP contribution is 2.54. The maximum Gasteiger partial charge on any atom is 0.175 e. The van der Waals surface area contributed by atoms with Crippen LogP contribution in [0.1, 0.15) is 45.7 Å². The van der Waals surface area contributed by atoms with Gasteiger partial charge in [0.25, 0.3) is 0 Å². The van der Waals surface area contributed by atoms with E-state index in [0.29, 0.717) is 0 Å². The molecule has 3 aliphatic heterocycles. The van der Waals surface area contributed by atoms with Crippen molar-refractivity contribution < 1.29 is 13.7 Å². The third kappa shape index (κ3) is 10.9. The lowest BCUT2D eigenvalue weighted by Gasteiger charge is -2.29. The molecule has 16 aromatic carbocycles. The molecular weight excluding hydrogens is 1550 g/mol. The zero-order valence-corrected chi connectivity index (χ0v) is 69.0. The minimum Gasteiger partial charge on any atom is -0.309 e. The Labute approximate surface area is 704 Å². The number of nitrogens with zero attached hydrogens (tertiary/aromatic N) is 10. The van der Waals surface area contributed by atoms with Crippen molar-refractivity contribution in [2.75, 3.05) is 0 Å². The van der Waals surface area contributed by atoms with Crippen molar-refractivity contribution in [1.29, 1.82) is 0 Å². The highest BCUT2D eigenvalue weighted by atomic mass is 31.2. The molecule has 586 valence electrons. The predicted octanol–water partition coefficient (Wildman–Crippen LogP) is 21.9. The van der Waals surface area contributed by atoms with Gasteiger partial charge in [-0.25, -0.2) is 24.9 Å². The van der Waals surface area contributed by atoms with E-state index < -0.39 is 21.4 Å². The van der Waals surface area contributed by atoms with E-state index >= 15 is 13.7 Å². The summed E-state index contributed by atoms with van der Waals surface area (Å²) in [6, 6.07) is 124. The summed E-state index contributed by atoms with van der Waals surface area (Å²) < 4.78 is 57.6. The Bertz CT molecular complexity index is 8180. The Kier molecular flexibility index (Phi) is 17.5. The Morgan fingerprint density at radius 2 is 0.598 bits per heavy atom. The topological polar surface area (TPSA) is 140 Å². The Morgan fingerprint density at radius 1 is 0.254 bits per heavy atom. The van der Waals surface area contributed by atoms with E-state index in [2.05, 4.69) is 207 Å². The van der Waals surface area contributed by atoms with Crippen molar-refractivity contribution in [3.05, 3.63) is 381 Å². The molecule has 3 atom stereocenters. The molecule has 9 heterocycles. The van der Waals surface area contributed by atoms with Crippen molar-refractivity contribution in [1.82, 2.24) is 47.8 Å². The van der Waals surface area contributed by atoms with Gasteiger partial charge >= 0.3 is 0 Å². The molecule has 0 amide bonds. The van der Waals surface area contributed by atoms with Gasteiger partial charge in [0.05, 0.1) is 94.7 Å². The van der Waals surface area contributed by atoms with Crippen LogP contribution in [0.15, 0.2) is 364 Å². The van der Waals surface area contributed by atoms with E-state index in [1.165, 1.54) is 32.3 Å². The van der Waals surface area contributed by atoms with E-state index in [1.807, 2.05) is 200 Å². The molecule has 25 rings (SSSR count). The second kappa shape index (κ2) is 28.8. The fourth-order valence-corrected chi connectivity index (χ4v) is 28.4. The minimum absolute atomic E-state index is 0. The van der Waals surface area contributed by atoms with Crippen LogP contribution in [0.25, 0.3) is 149 Å². The summed E-state index contributed by atoms with van der Waals surface area (Å²) in [6.07, 6.45) is 2.30. The second-order valence-corrected chi connectivity index (χ2v) is 39.2. The summed E-state index contributed by atoms with van der Waals surface area (Å²) in [5, 5.41) is 15.0. The zero-order chi connectivity index (χ0) is 81.0. The molecule has 0 N–H and O–H groups in total. The van der Waals surface area contributed by atoms with Gasteiger partial charge in [0, 0.05) is 111 Å². The van der Waals surface area contributed by atoms with Gasteiger partial charge in [0.2, 0.25) is 0 Å². The first-order chi connectivity index (χ1) is 59.5. The number of aromatic nitrogens is 10. The van der Waals surface area contributed by atoms with Crippen LogP contribution in [0.2, 0.25) is 0 Å². The molecule has 22 aromatic rings. The number of imidazole rings is 3. The van der Waals surface area contributed by atoms with Crippen molar-refractivity contribution in [2.24, 2.45) is 0 Å². The highest BCUT2D eigenvalue weighted by Gasteiger charge is 2.44. The number of hydrogen-bond acceptors (Lipinski definition) is 8. The molecule has 0 fully saturated rings. The molecule has 0 aliphatic carbocycles. The summed E-state index contributed by atoms with van der Waals surface area (Å²) >= 11 is 0. The standard InChI is InChI=1S/C37H26N3OP.C35H25N4OP.C33H24N3OP.CH4/c1-2-35-38-29-16-10-18-34-37(29)40(35)32-23-25(20-22-33(32)42(34,41)26-12-4-3-5-13-26)39-30-17-9-8-15-28(30)36-27-14-7-6-11-24(27)19-21-31(36)39;1-2-32-36-28-18-11-19-31-35(28)39(32)29-22-24(20-21-30(29)41(31,40)25-14-7-4-8-15-25)34-33(23-12-5-3-6-13-23)37-26-16-9-10-17-27(26)38-34;1-2-32-34-26-15-10-18-31-33(26)36(32)29-21-22(19-20-30(29)38(31,37)23-11-4-3-5-12-23)35-27-16-8-6-13-24(27)25-14-7-9-17-28(25)35;/h3-23H,2H2,1H3;3-22H,2H2,1H3;3-21H,2H2,1H3;1H4. The maximum atomic E-state index is 15.5. The van der Waals surface area contributed by atoms with E-state index in [-0.39, 0.29) is 7.43 Å². The van der Waals surface area contributed by atoms with E-state index in [1.54, 1.807) is 0 Å². The fraction of sp³-hybridized carbons (Fsp3) is 0.0660.